The minimum absolute atomic E-state index is 0.137. The van der Waals surface area contributed by atoms with Crippen molar-refractivity contribution in [1.29, 1.82) is 0 Å². The zero-order chi connectivity index (χ0) is 13.3. The van der Waals surface area contributed by atoms with Gasteiger partial charge in [0.05, 0.1) is 22.5 Å². The first-order valence-corrected chi connectivity index (χ1v) is 7.00. The Hall–Kier alpha value is -0.500. The van der Waals surface area contributed by atoms with Crippen molar-refractivity contribution in [2.75, 3.05) is 19.7 Å². The molecule has 0 aliphatic carbocycles. The summed E-state index contributed by atoms with van der Waals surface area (Å²) in [4.78, 5) is 2.72. The van der Waals surface area contributed by atoms with Crippen LogP contribution in [-0.2, 0) is 18.3 Å². The highest BCUT2D eigenvalue weighted by molar-refractivity contribution is 9.10. The highest BCUT2D eigenvalue weighted by Gasteiger charge is 2.24. The number of aryl methyl sites for hydroxylation is 2. The first-order valence-electron chi connectivity index (χ1n) is 5.80. The Morgan fingerprint density at radius 2 is 2.39 bits per heavy atom. The molecule has 0 radical (unpaired) electrons. The molecule has 1 saturated heterocycles. The zero-order valence-electron chi connectivity index (χ0n) is 10.5. The van der Waals surface area contributed by atoms with Crippen LogP contribution in [0.1, 0.15) is 11.4 Å². The molecule has 1 aromatic rings. The molecular formula is C11H17BrN4OS. The molecule has 1 aromatic heterocycles. The van der Waals surface area contributed by atoms with Crippen LogP contribution in [0.4, 0.5) is 0 Å². The first-order chi connectivity index (χ1) is 8.49. The van der Waals surface area contributed by atoms with Crippen LogP contribution in [0.15, 0.2) is 4.47 Å². The molecule has 0 amide bonds. The summed E-state index contributed by atoms with van der Waals surface area (Å²) in [7, 11) is 1.96. The molecule has 2 heterocycles. The average molecular weight is 333 g/mol. The van der Waals surface area contributed by atoms with E-state index in [9.17, 15) is 0 Å². The Morgan fingerprint density at radius 3 is 2.94 bits per heavy atom. The van der Waals surface area contributed by atoms with Crippen LogP contribution >= 0.6 is 28.1 Å². The Balaban J connectivity index is 2.07. The third-order valence-electron chi connectivity index (χ3n) is 3.10. The number of thiocarbonyl (C=S) groups is 1. The van der Waals surface area contributed by atoms with Crippen molar-refractivity contribution in [3.8, 4) is 0 Å². The minimum atomic E-state index is -0.137. The third-order valence-corrected chi connectivity index (χ3v) is 4.40. The molecule has 2 rings (SSSR count). The van der Waals surface area contributed by atoms with Crippen LogP contribution in [-0.4, -0.2) is 45.5 Å². The normalized spacial score (nSPS) is 21.2. The summed E-state index contributed by atoms with van der Waals surface area (Å²) in [5.74, 6) is 0. The predicted molar refractivity (Wildman–Crippen MR) is 77.4 cm³/mol. The fraction of sp³-hybridized carbons (Fsp3) is 0.636. The molecule has 18 heavy (non-hydrogen) atoms. The van der Waals surface area contributed by atoms with Gasteiger partial charge >= 0.3 is 0 Å². The van der Waals surface area contributed by atoms with Crippen LogP contribution in [0.2, 0.25) is 0 Å². The largest absolute Gasteiger partial charge is 0.391 e. The SMILES string of the molecule is Cc1nn(C)c(CN2CCOC(C(N)=S)C2)c1Br. The number of aromatic nitrogens is 2. The lowest BCUT2D eigenvalue weighted by molar-refractivity contribution is 0.00299. The fourth-order valence-corrected chi connectivity index (χ4v) is 2.69. The van der Waals surface area contributed by atoms with E-state index in [4.69, 9.17) is 22.7 Å². The van der Waals surface area contributed by atoms with Gasteiger partial charge in [-0.05, 0) is 22.9 Å². The maximum atomic E-state index is 5.64. The molecular weight excluding hydrogens is 316 g/mol. The molecule has 0 saturated carbocycles. The molecule has 1 aliphatic rings. The van der Waals surface area contributed by atoms with Crippen molar-refractivity contribution in [2.24, 2.45) is 12.8 Å². The number of nitrogens with two attached hydrogens (primary N) is 1. The monoisotopic (exact) mass is 332 g/mol. The van der Waals surface area contributed by atoms with E-state index in [1.807, 2.05) is 18.7 Å². The summed E-state index contributed by atoms with van der Waals surface area (Å²) in [6, 6.07) is 0. The van der Waals surface area contributed by atoms with Gasteiger partial charge in [0, 0.05) is 26.7 Å². The summed E-state index contributed by atoms with van der Waals surface area (Å²) in [6.07, 6.45) is -0.137. The molecule has 1 aliphatic heterocycles. The Labute approximate surface area is 120 Å². The number of hydrogen-bond acceptors (Lipinski definition) is 4. The van der Waals surface area contributed by atoms with Gasteiger partial charge in [0.1, 0.15) is 11.1 Å². The highest BCUT2D eigenvalue weighted by Crippen LogP contribution is 2.22. The van der Waals surface area contributed by atoms with Crippen molar-refractivity contribution >= 4 is 33.1 Å². The molecule has 7 heteroatoms. The van der Waals surface area contributed by atoms with E-state index in [0.29, 0.717) is 11.6 Å². The Morgan fingerprint density at radius 1 is 1.67 bits per heavy atom. The van der Waals surface area contributed by atoms with Crippen molar-refractivity contribution in [3.63, 3.8) is 0 Å². The van der Waals surface area contributed by atoms with Crippen molar-refractivity contribution in [3.05, 3.63) is 15.9 Å². The summed E-state index contributed by atoms with van der Waals surface area (Å²) < 4.78 is 8.51. The maximum Gasteiger partial charge on any atom is 0.120 e. The highest BCUT2D eigenvalue weighted by atomic mass is 79.9. The number of rotatable bonds is 3. The van der Waals surface area contributed by atoms with Crippen molar-refractivity contribution < 1.29 is 4.74 Å². The van der Waals surface area contributed by atoms with Crippen LogP contribution in [0.25, 0.3) is 0 Å². The topological polar surface area (TPSA) is 56.3 Å². The standard InChI is InChI=1S/C11H17BrN4OS/c1-7-10(12)8(15(2)14-7)5-16-3-4-17-9(6-16)11(13)18/h9H,3-6H2,1-2H3,(H2,13,18). The Bertz CT molecular complexity index is 462. The van der Waals surface area contributed by atoms with E-state index >= 15 is 0 Å². The van der Waals surface area contributed by atoms with Gasteiger partial charge in [-0.2, -0.15) is 5.10 Å². The summed E-state index contributed by atoms with van der Waals surface area (Å²) in [5.41, 5.74) is 7.81. The van der Waals surface area contributed by atoms with E-state index in [0.717, 1.165) is 35.5 Å². The van der Waals surface area contributed by atoms with E-state index in [-0.39, 0.29) is 6.10 Å². The first kappa shape index (κ1) is 13.9. The molecule has 1 fully saturated rings. The van der Waals surface area contributed by atoms with Crippen LogP contribution in [0.3, 0.4) is 0 Å². The quantitative estimate of drug-likeness (QED) is 0.836. The van der Waals surface area contributed by atoms with Gasteiger partial charge in [-0.1, -0.05) is 12.2 Å². The maximum absolute atomic E-state index is 5.64. The molecule has 0 bridgehead atoms. The molecule has 0 aromatic carbocycles. The number of ether oxygens (including phenoxy) is 1. The Kier molecular flexibility index (Phi) is 4.37. The molecule has 1 atom stereocenters. The van der Waals surface area contributed by atoms with Crippen molar-refractivity contribution in [2.45, 2.75) is 19.6 Å². The molecule has 100 valence electrons. The second kappa shape index (κ2) is 5.64. The third kappa shape index (κ3) is 2.90. The lowest BCUT2D eigenvalue weighted by Gasteiger charge is -2.32. The minimum Gasteiger partial charge on any atom is -0.391 e. The lowest BCUT2D eigenvalue weighted by atomic mass is 10.2. The number of nitrogens with zero attached hydrogens (tertiary/aromatic N) is 3. The van der Waals surface area contributed by atoms with Gasteiger partial charge in [0.15, 0.2) is 0 Å². The summed E-state index contributed by atoms with van der Waals surface area (Å²) >= 11 is 8.57. The van der Waals surface area contributed by atoms with Gasteiger partial charge in [0.2, 0.25) is 0 Å². The van der Waals surface area contributed by atoms with E-state index in [1.54, 1.807) is 0 Å². The van der Waals surface area contributed by atoms with E-state index in [1.165, 1.54) is 0 Å². The van der Waals surface area contributed by atoms with Crippen LogP contribution in [0.5, 0.6) is 0 Å². The summed E-state index contributed by atoms with van der Waals surface area (Å²) in [6.45, 7) is 5.10. The summed E-state index contributed by atoms with van der Waals surface area (Å²) in [5, 5.41) is 4.39. The molecule has 5 nitrogen and oxygen atoms in total. The predicted octanol–water partition coefficient (Wildman–Crippen LogP) is 0.978. The second-order valence-corrected chi connectivity index (χ2v) is 5.73. The van der Waals surface area contributed by atoms with Gasteiger partial charge in [-0.25, -0.2) is 0 Å². The van der Waals surface area contributed by atoms with Crippen molar-refractivity contribution in [1.82, 2.24) is 14.7 Å². The van der Waals surface area contributed by atoms with Crippen LogP contribution in [0, 0.1) is 6.92 Å². The fourth-order valence-electron chi connectivity index (χ4n) is 2.08. The molecule has 2 N–H and O–H groups in total. The van der Waals surface area contributed by atoms with E-state index < -0.39 is 0 Å². The van der Waals surface area contributed by atoms with Gasteiger partial charge in [0.25, 0.3) is 0 Å². The lowest BCUT2D eigenvalue weighted by Crippen LogP contribution is -2.47. The van der Waals surface area contributed by atoms with Gasteiger partial charge in [-0.15, -0.1) is 0 Å². The molecule has 1 unspecified atom stereocenters. The number of halogens is 1. The number of morpholine rings is 1. The van der Waals surface area contributed by atoms with Gasteiger partial charge < -0.3 is 10.5 Å². The smallest absolute Gasteiger partial charge is 0.120 e. The molecule has 0 spiro atoms. The second-order valence-electron chi connectivity index (χ2n) is 4.47. The number of hydrogen-bond donors (Lipinski definition) is 1. The van der Waals surface area contributed by atoms with Gasteiger partial charge in [-0.3, -0.25) is 9.58 Å². The average Bonchev–Trinajstić information content (AvgIpc) is 2.56. The van der Waals surface area contributed by atoms with Crippen LogP contribution < -0.4 is 5.73 Å². The van der Waals surface area contributed by atoms with E-state index in [2.05, 4.69) is 25.9 Å². The zero-order valence-corrected chi connectivity index (χ0v) is 12.9.